The molecule has 5 heteroatoms. The molecule has 0 amide bonds. The highest BCUT2D eigenvalue weighted by Crippen LogP contribution is 2.26. The van der Waals surface area contributed by atoms with E-state index >= 15 is 0 Å². The van der Waals surface area contributed by atoms with Gasteiger partial charge in [-0.15, -0.1) is 0 Å². The van der Waals surface area contributed by atoms with Gasteiger partial charge in [0.15, 0.2) is 17.5 Å². The predicted molar refractivity (Wildman–Crippen MR) is 77.7 cm³/mol. The van der Waals surface area contributed by atoms with Crippen molar-refractivity contribution in [3.63, 3.8) is 0 Å². The number of hydrogen-bond acceptors (Lipinski definition) is 3. The Labute approximate surface area is 114 Å². The first-order chi connectivity index (χ1) is 9.06. The molecule has 0 aromatic heterocycles. The zero-order valence-corrected chi connectivity index (χ0v) is 12.0. The lowest BCUT2D eigenvalue weighted by Crippen LogP contribution is -2.40. The molecule has 0 spiro atoms. The van der Waals surface area contributed by atoms with Crippen molar-refractivity contribution < 1.29 is 9.84 Å². The molecule has 0 aliphatic heterocycles. The molecule has 0 fully saturated rings. The van der Waals surface area contributed by atoms with Crippen molar-refractivity contribution in [2.45, 2.75) is 33.4 Å². The fourth-order valence-corrected chi connectivity index (χ4v) is 1.60. The van der Waals surface area contributed by atoms with E-state index in [-0.39, 0.29) is 5.75 Å². The van der Waals surface area contributed by atoms with Crippen LogP contribution in [0.2, 0.25) is 0 Å². The molecule has 1 rings (SSSR count). The Balaban J connectivity index is 2.73. The molecule has 0 aliphatic carbocycles. The Bertz CT molecular complexity index is 431. The van der Waals surface area contributed by atoms with E-state index in [1.807, 2.05) is 13.0 Å². The van der Waals surface area contributed by atoms with Gasteiger partial charge in [0.1, 0.15) is 0 Å². The molecular formula is C14H23N3O2. The Morgan fingerprint density at radius 2 is 2.16 bits per heavy atom. The summed E-state index contributed by atoms with van der Waals surface area (Å²) in [5, 5.41) is 16.1. The molecule has 106 valence electrons. The van der Waals surface area contributed by atoms with Crippen molar-refractivity contribution in [3.8, 4) is 11.5 Å². The van der Waals surface area contributed by atoms with Crippen LogP contribution in [0.1, 0.15) is 26.3 Å². The molecule has 0 radical (unpaired) electrons. The predicted octanol–water partition coefficient (Wildman–Crippen LogP) is 1.86. The molecule has 0 saturated heterocycles. The minimum atomic E-state index is 0.136. The number of hydrogen-bond donors (Lipinski definition) is 3. The number of aliphatic imine (C=N–C) groups is 1. The normalized spacial score (nSPS) is 11.5. The molecule has 0 aliphatic rings. The van der Waals surface area contributed by atoms with Crippen LogP contribution in [-0.4, -0.2) is 30.8 Å². The average molecular weight is 265 g/mol. The Hall–Kier alpha value is -1.91. The van der Waals surface area contributed by atoms with Crippen molar-refractivity contribution in [1.82, 2.24) is 10.6 Å². The van der Waals surface area contributed by atoms with Crippen molar-refractivity contribution in [3.05, 3.63) is 23.8 Å². The van der Waals surface area contributed by atoms with E-state index in [1.54, 1.807) is 12.1 Å². The fourth-order valence-electron chi connectivity index (χ4n) is 1.60. The zero-order valence-electron chi connectivity index (χ0n) is 12.0. The summed E-state index contributed by atoms with van der Waals surface area (Å²) < 4.78 is 5.01. The highest BCUT2D eigenvalue weighted by molar-refractivity contribution is 5.80. The molecule has 1 aromatic carbocycles. The van der Waals surface area contributed by atoms with E-state index in [0.29, 0.717) is 18.3 Å². The summed E-state index contributed by atoms with van der Waals surface area (Å²) >= 11 is 0. The van der Waals surface area contributed by atoms with Gasteiger partial charge in [-0.3, -0.25) is 0 Å². The standard InChI is InChI=1S/C14H23N3O2/c1-5-15-14(17-10(2)3)16-9-11-6-7-13(19-4)12(18)8-11/h6-8,10,18H,5,9H2,1-4H3,(H2,15,16,17). The van der Waals surface area contributed by atoms with Crippen molar-refractivity contribution >= 4 is 5.96 Å². The summed E-state index contributed by atoms with van der Waals surface area (Å²) in [7, 11) is 1.53. The highest BCUT2D eigenvalue weighted by atomic mass is 16.5. The number of phenolic OH excluding ortho intramolecular Hbond substituents is 1. The second-order valence-electron chi connectivity index (χ2n) is 4.50. The largest absolute Gasteiger partial charge is 0.504 e. The van der Waals surface area contributed by atoms with Crippen LogP contribution in [0.25, 0.3) is 0 Å². The fraction of sp³-hybridized carbons (Fsp3) is 0.500. The van der Waals surface area contributed by atoms with Crippen LogP contribution in [0, 0.1) is 0 Å². The van der Waals surface area contributed by atoms with Gasteiger partial charge >= 0.3 is 0 Å². The van der Waals surface area contributed by atoms with E-state index in [9.17, 15) is 5.11 Å². The van der Waals surface area contributed by atoms with Gasteiger partial charge in [0.05, 0.1) is 13.7 Å². The first kappa shape index (κ1) is 15.1. The zero-order chi connectivity index (χ0) is 14.3. The number of aromatic hydroxyl groups is 1. The molecule has 0 unspecified atom stereocenters. The molecule has 5 nitrogen and oxygen atoms in total. The van der Waals surface area contributed by atoms with E-state index < -0.39 is 0 Å². The van der Waals surface area contributed by atoms with E-state index in [1.165, 1.54) is 7.11 Å². The van der Waals surface area contributed by atoms with Crippen molar-refractivity contribution in [1.29, 1.82) is 0 Å². The van der Waals surface area contributed by atoms with Crippen LogP contribution in [0.15, 0.2) is 23.2 Å². The third-order valence-electron chi connectivity index (χ3n) is 2.43. The number of phenols is 1. The number of guanidine groups is 1. The van der Waals surface area contributed by atoms with Crippen LogP contribution in [0.5, 0.6) is 11.5 Å². The molecule has 1 aromatic rings. The second kappa shape index (κ2) is 7.51. The van der Waals surface area contributed by atoms with E-state index in [2.05, 4.69) is 29.5 Å². The maximum atomic E-state index is 9.70. The van der Waals surface area contributed by atoms with E-state index in [0.717, 1.165) is 18.1 Å². The minimum Gasteiger partial charge on any atom is -0.504 e. The van der Waals surface area contributed by atoms with Gasteiger partial charge in [0, 0.05) is 12.6 Å². The van der Waals surface area contributed by atoms with Gasteiger partial charge in [0.25, 0.3) is 0 Å². The lowest BCUT2D eigenvalue weighted by Gasteiger charge is -2.14. The number of ether oxygens (including phenoxy) is 1. The second-order valence-corrected chi connectivity index (χ2v) is 4.50. The van der Waals surface area contributed by atoms with Crippen LogP contribution >= 0.6 is 0 Å². The van der Waals surface area contributed by atoms with Crippen molar-refractivity contribution in [2.75, 3.05) is 13.7 Å². The molecule has 3 N–H and O–H groups in total. The first-order valence-electron chi connectivity index (χ1n) is 6.47. The summed E-state index contributed by atoms with van der Waals surface area (Å²) in [6.45, 7) is 7.46. The SMILES string of the molecule is CCNC(=NCc1ccc(OC)c(O)c1)NC(C)C. The number of methoxy groups -OCH3 is 1. The molecule has 0 heterocycles. The van der Waals surface area contributed by atoms with Gasteiger partial charge in [-0.25, -0.2) is 4.99 Å². The average Bonchev–Trinajstić information content (AvgIpc) is 2.36. The van der Waals surface area contributed by atoms with E-state index in [4.69, 9.17) is 4.74 Å². The Morgan fingerprint density at radius 3 is 2.68 bits per heavy atom. The van der Waals surface area contributed by atoms with Crippen LogP contribution in [-0.2, 0) is 6.54 Å². The quantitative estimate of drug-likeness (QED) is 0.561. The highest BCUT2D eigenvalue weighted by Gasteiger charge is 2.03. The minimum absolute atomic E-state index is 0.136. The number of nitrogens with zero attached hydrogens (tertiary/aromatic N) is 1. The summed E-state index contributed by atoms with van der Waals surface area (Å²) in [4.78, 5) is 4.46. The number of benzene rings is 1. The Morgan fingerprint density at radius 1 is 1.42 bits per heavy atom. The first-order valence-corrected chi connectivity index (χ1v) is 6.47. The molecule has 0 atom stereocenters. The van der Waals surface area contributed by atoms with Gasteiger partial charge in [-0.1, -0.05) is 6.07 Å². The van der Waals surface area contributed by atoms with Crippen molar-refractivity contribution in [2.24, 2.45) is 4.99 Å². The molecule has 0 saturated carbocycles. The lowest BCUT2D eigenvalue weighted by molar-refractivity contribution is 0.373. The lowest BCUT2D eigenvalue weighted by atomic mass is 10.2. The maximum Gasteiger partial charge on any atom is 0.191 e. The van der Waals surface area contributed by atoms with Crippen LogP contribution in [0.4, 0.5) is 0 Å². The summed E-state index contributed by atoms with van der Waals surface area (Å²) in [6.07, 6.45) is 0. The summed E-state index contributed by atoms with van der Waals surface area (Å²) in [6, 6.07) is 5.62. The third kappa shape index (κ3) is 5.07. The van der Waals surface area contributed by atoms with Crippen LogP contribution in [0.3, 0.4) is 0 Å². The Kier molecular flexibility index (Phi) is 5.99. The molecule has 0 bridgehead atoms. The van der Waals surface area contributed by atoms with Crippen LogP contribution < -0.4 is 15.4 Å². The van der Waals surface area contributed by atoms with Gasteiger partial charge in [-0.05, 0) is 38.5 Å². The summed E-state index contributed by atoms with van der Waals surface area (Å²) in [5.74, 6) is 1.38. The number of rotatable bonds is 5. The molecular weight excluding hydrogens is 242 g/mol. The molecule has 19 heavy (non-hydrogen) atoms. The number of nitrogens with one attached hydrogen (secondary N) is 2. The topological polar surface area (TPSA) is 65.9 Å². The smallest absolute Gasteiger partial charge is 0.191 e. The maximum absolute atomic E-state index is 9.70. The van der Waals surface area contributed by atoms with Gasteiger partial charge in [-0.2, -0.15) is 0 Å². The third-order valence-corrected chi connectivity index (χ3v) is 2.43. The summed E-state index contributed by atoms with van der Waals surface area (Å²) in [5.41, 5.74) is 0.930. The van der Waals surface area contributed by atoms with Gasteiger partial charge in [0.2, 0.25) is 0 Å². The monoisotopic (exact) mass is 265 g/mol. The van der Waals surface area contributed by atoms with Gasteiger partial charge < -0.3 is 20.5 Å².